The zero-order chi connectivity index (χ0) is 25.6. The molecule has 4 aliphatic rings. The Kier molecular flexibility index (Phi) is 4.49. The lowest BCUT2D eigenvalue weighted by atomic mass is 9.67. The number of benzene rings is 2. The molecule has 0 aromatic heterocycles. The smallest absolute Gasteiger partial charge is 0.200 e. The van der Waals surface area contributed by atoms with Crippen LogP contribution in [0.2, 0.25) is 0 Å². The Morgan fingerprint density at radius 2 is 1.78 bits per heavy atom. The highest BCUT2D eigenvalue weighted by atomic mass is 16.6. The number of fused-ring (bicyclic) bond motifs is 4. The van der Waals surface area contributed by atoms with Crippen molar-refractivity contribution in [2.45, 2.75) is 43.8 Å². The van der Waals surface area contributed by atoms with Gasteiger partial charge < -0.3 is 30.5 Å². The number of phenols is 2. The first-order chi connectivity index (χ1) is 17.2. The first kappa shape index (κ1) is 22.4. The highest BCUT2D eigenvalue weighted by molar-refractivity contribution is 6.32. The number of ketones is 2. The minimum Gasteiger partial charge on any atom is -0.507 e. The van der Waals surface area contributed by atoms with Gasteiger partial charge in [-0.3, -0.25) is 9.59 Å². The molecule has 180 valence electrons. The van der Waals surface area contributed by atoms with Crippen molar-refractivity contribution >= 4 is 17.3 Å². The first-order valence-electron chi connectivity index (χ1n) is 11.5. The zero-order valence-corrected chi connectivity index (χ0v) is 19.3. The Balaban J connectivity index is 1.68. The third kappa shape index (κ3) is 2.46. The molecule has 0 amide bonds. The molecule has 6 rings (SSSR count). The van der Waals surface area contributed by atoms with Gasteiger partial charge in [0.25, 0.3) is 0 Å². The molecule has 4 atom stereocenters. The van der Waals surface area contributed by atoms with Crippen molar-refractivity contribution in [3.8, 4) is 35.2 Å². The summed E-state index contributed by atoms with van der Waals surface area (Å²) in [5, 5.41) is 45.9. The van der Waals surface area contributed by atoms with Gasteiger partial charge in [-0.2, -0.15) is 0 Å². The number of hydrogen-bond donors (Lipinski definition) is 5. The van der Waals surface area contributed by atoms with Crippen LogP contribution in [-0.2, 0) is 16.9 Å². The van der Waals surface area contributed by atoms with Crippen LogP contribution < -0.4 is 5.32 Å². The number of nitrogens with one attached hydrogen (secondary N) is 1. The van der Waals surface area contributed by atoms with Crippen LogP contribution in [0.4, 0.5) is 5.69 Å². The van der Waals surface area contributed by atoms with E-state index in [0.29, 0.717) is 0 Å². The van der Waals surface area contributed by atoms with E-state index in [1.165, 1.54) is 24.3 Å². The number of carbonyl (C=O) groups is 2. The fourth-order valence-corrected chi connectivity index (χ4v) is 5.92. The van der Waals surface area contributed by atoms with Crippen molar-refractivity contribution in [2.24, 2.45) is 5.92 Å². The number of epoxide rings is 1. The Morgan fingerprint density at radius 3 is 2.47 bits per heavy atom. The standard InChI is InChI=1S/C28H21NO7/c1-13(2)27-18-7-5-3-4-6-8-19(32)28(27,36-27)16-11-17(31)21-22(23(16)29-18)26(35)20-15(25(21)34)10-9-14(12-30)24(20)33/h3-4,9-11,13,18-19,29-33H,12H2,1-2H3/b4-3-/t18-,19+,27-,28?/m0/s1. The molecule has 1 saturated heterocycles. The predicted molar refractivity (Wildman–Crippen MR) is 127 cm³/mol. The fraction of sp³-hybridized carbons (Fsp3) is 0.286. The van der Waals surface area contributed by atoms with E-state index in [1.54, 1.807) is 6.08 Å². The topological polar surface area (TPSA) is 140 Å². The van der Waals surface area contributed by atoms with E-state index < -0.39 is 53.0 Å². The summed E-state index contributed by atoms with van der Waals surface area (Å²) in [6, 6.07) is 3.34. The number of aromatic hydroxyl groups is 2. The maximum absolute atomic E-state index is 13.9. The lowest BCUT2D eigenvalue weighted by Crippen LogP contribution is -2.52. The van der Waals surface area contributed by atoms with Crippen LogP contribution in [0.25, 0.3) is 0 Å². The Hall–Kier alpha value is -4.08. The van der Waals surface area contributed by atoms with Crippen LogP contribution in [0.5, 0.6) is 11.5 Å². The molecule has 2 aliphatic heterocycles. The molecule has 5 N–H and O–H groups in total. The average molecular weight is 483 g/mol. The molecule has 0 radical (unpaired) electrons. The number of ether oxygens (including phenoxy) is 1. The molecule has 2 aromatic rings. The summed E-state index contributed by atoms with van der Waals surface area (Å²) in [7, 11) is 0. The van der Waals surface area contributed by atoms with Crippen LogP contribution in [0.3, 0.4) is 0 Å². The van der Waals surface area contributed by atoms with Crippen LogP contribution in [0.15, 0.2) is 30.4 Å². The summed E-state index contributed by atoms with van der Waals surface area (Å²) in [5.74, 6) is 9.05. The van der Waals surface area contributed by atoms with Crippen LogP contribution >= 0.6 is 0 Å². The van der Waals surface area contributed by atoms with Gasteiger partial charge >= 0.3 is 0 Å². The summed E-state index contributed by atoms with van der Waals surface area (Å²) in [6.45, 7) is 3.30. The minimum absolute atomic E-state index is 0.0797. The normalized spacial score (nSPS) is 29.2. The third-order valence-corrected chi connectivity index (χ3v) is 7.59. The number of carbonyl (C=O) groups excluding carboxylic acids is 2. The zero-order valence-electron chi connectivity index (χ0n) is 19.3. The molecule has 2 heterocycles. The number of aliphatic hydroxyl groups is 2. The summed E-state index contributed by atoms with van der Waals surface area (Å²) in [5.41, 5.74) is -2.62. The number of phenolic OH excluding ortho intramolecular Hbond substituents is 1. The lowest BCUT2D eigenvalue weighted by molar-refractivity contribution is 0.0972. The Bertz CT molecular complexity index is 1560. The predicted octanol–water partition coefficient (Wildman–Crippen LogP) is 1.72. The lowest BCUT2D eigenvalue weighted by Gasteiger charge is -2.38. The number of hydrogen-bond acceptors (Lipinski definition) is 8. The average Bonchev–Trinajstić information content (AvgIpc) is 3.58. The van der Waals surface area contributed by atoms with Gasteiger partial charge in [0.2, 0.25) is 0 Å². The van der Waals surface area contributed by atoms with Crippen molar-refractivity contribution in [1.29, 1.82) is 0 Å². The largest absolute Gasteiger partial charge is 0.507 e. The maximum Gasteiger partial charge on any atom is 0.200 e. The van der Waals surface area contributed by atoms with Gasteiger partial charge in [0.15, 0.2) is 23.3 Å². The van der Waals surface area contributed by atoms with Gasteiger partial charge in [-0.1, -0.05) is 43.6 Å². The number of aliphatic hydroxyl groups excluding tert-OH is 2. The van der Waals surface area contributed by atoms with E-state index in [9.17, 15) is 30.0 Å². The molecule has 1 unspecified atom stereocenters. The van der Waals surface area contributed by atoms with Gasteiger partial charge in [-0.15, -0.1) is 0 Å². The van der Waals surface area contributed by atoms with Crippen molar-refractivity contribution < 1.29 is 34.8 Å². The van der Waals surface area contributed by atoms with E-state index >= 15 is 0 Å². The van der Waals surface area contributed by atoms with Gasteiger partial charge in [0, 0.05) is 16.7 Å². The fourth-order valence-electron chi connectivity index (χ4n) is 5.92. The SMILES string of the molecule is CC(C)[C@@]12OC13c1cc(O)c4c(c1N[C@H]2C#C/C=C\C#C[C@H]3O)C(=O)c1c(ccc(CO)c1O)C4=O. The van der Waals surface area contributed by atoms with Gasteiger partial charge in [0.1, 0.15) is 23.1 Å². The molecule has 2 aromatic carbocycles. The van der Waals surface area contributed by atoms with Gasteiger partial charge in [-0.05, 0) is 30.2 Å². The summed E-state index contributed by atoms with van der Waals surface area (Å²) in [4.78, 5) is 27.3. The van der Waals surface area contributed by atoms with Crippen molar-refractivity contribution in [2.75, 3.05) is 5.32 Å². The highest BCUT2D eigenvalue weighted by Crippen LogP contribution is 2.68. The number of allylic oxidation sites excluding steroid dienone is 2. The van der Waals surface area contributed by atoms with Crippen molar-refractivity contribution in [3.63, 3.8) is 0 Å². The third-order valence-electron chi connectivity index (χ3n) is 7.59. The number of anilines is 1. The van der Waals surface area contributed by atoms with Crippen molar-refractivity contribution in [3.05, 3.63) is 63.7 Å². The van der Waals surface area contributed by atoms with Crippen molar-refractivity contribution in [1.82, 2.24) is 0 Å². The molecule has 0 saturated carbocycles. The molecule has 2 bridgehead atoms. The Morgan fingerprint density at radius 1 is 1.06 bits per heavy atom. The number of rotatable bonds is 2. The van der Waals surface area contributed by atoms with Gasteiger partial charge in [0.05, 0.1) is 29.0 Å². The second-order valence-electron chi connectivity index (χ2n) is 9.56. The summed E-state index contributed by atoms with van der Waals surface area (Å²) >= 11 is 0. The molecule has 0 spiro atoms. The molecular weight excluding hydrogens is 462 g/mol. The Labute approximate surface area is 206 Å². The molecule has 36 heavy (non-hydrogen) atoms. The second-order valence-corrected chi connectivity index (χ2v) is 9.56. The minimum atomic E-state index is -1.43. The quantitative estimate of drug-likeness (QED) is 0.211. The van der Waals surface area contributed by atoms with Crippen LogP contribution in [0.1, 0.15) is 56.8 Å². The molecule has 8 nitrogen and oxygen atoms in total. The summed E-state index contributed by atoms with van der Waals surface area (Å²) < 4.78 is 6.35. The van der Waals surface area contributed by atoms with E-state index in [2.05, 4.69) is 29.0 Å². The van der Waals surface area contributed by atoms with Crippen LogP contribution in [-0.4, -0.2) is 49.7 Å². The molecule has 2 aliphatic carbocycles. The van der Waals surface area contributed by atoms with E-state index in [4.69, 9.17) is 4.74 Å². The van der Waals surface area contributed by atoms with E-state index in [0.717, 1.165) is 0 Å². The maximum atomic E-state index is 13.9. The van der Waals surface area contributed by atoms with Gasteiger partial charge in [-0.25, -0.2) is 0 Å². The molecule has 1 fully saturated rings. The summed E-state index contributed by atoms with van der Waals surface area (Å²) in [6.07, 6.45) is 1.73. The van der Waals surface area contributed by atoms with E-state index in [1.807, 2.05) is 13.8 Å². The highest BCUT2D eigenvalue weighted by Gasteiger charge is 2.81. The second kappa shape index (κ2) is 7.22. The first-order valence-corrected chi connectivity index (χ1v) is 11.5. The molecule has 8 heteroatoms. The van der Waals surface area contributed by atoms with E-state index in [-0.39, 0.29) is 45.0 Å². The monoisotopic (exact) mass is 483 g/mol. The van der Waals surface area contributed by atoms with Crippen LogP contribution in [0, 0.1) is 29.6 Å². The molecular formula is C28H21NO7.